The van der Waals surface area contributed by atoms with Crippen LogP contribution < -0.4 is 15.4 Å². The molecule has 1 aliphatic heterocycles. The Balaban J connectivity index is 2.01. The van der Waals surface area contributed by atoms with E-state index in [1.54, 1.807) is 4.90 Å². The normalized spacial score (nSPS) is 14.4. The Morgan fingerprint density at radius 2 is 2.16 bits per heavy atom. The van der Waals surface area contributed by atoms with Gasteiger partial charge >= 0.3 is 0 Å². The largest absolute Gasteiger partial charge is 0.491 e. The summed E-state index contributed by atoms with van der Waals surface area (Å²) < 4.78 is 10.1. The highest BCUT2D eigenvalue weighted by molar-refractivity contribution is 6.08. The van der Waals surface area contributed by atoms with Crippen LogP contribution in [0.15, 0.2) is 28.9 Å². The minimum atomic E-state index is -0.336. The number of rotatable bonds is 1. The highest BCUT2D eigenvalue weighted by Crippen LogP contribution is 2.31. The predicted molar refractivity (Wildman–Crippen MR) is 66.9 cm³/mol. The van der Waals surface area contributed by atoms with Crippen molar-refractivity contribution < 1.29 is 14.2 Å². The average molecular weight is 260 g/mol. The van der Waals surface area contributed by atoms with Crippen molar-refractivity contribution in [2.75, 3.05) is 23.8 Å². The number of carbonyl (C=O) groups excluding carboxylic acids is 1. The Labute approximate surface area is 108 Å². The maximum absolute atomic E-state index is 12.4. The molecule has 0 aliphatic carbocycles. The van der Waals surface area contributed by atoms with Gasteiger partial charge in [0.15, 0.2) is 0 Å². The summed E-state index contributed by atoms with van der Waals surface area (Å²) in [7, 11) is 0. The molecule has 0 unspecified atom stereocenters. The van der Waals surface area contributed by atoms with Gasteiger partial charge in [-0.3, -0.25) is 4.79 Å². The molecule has 19 heavy (non-hydrogen) atoms. The van der Waals surface area contributed by atoms with Crippen molar-refractivity contribution in [1.82, 2.24) is 10.3 Å². The summed E-state index contributed by atoms with van der Waals surface area (Å²) in [4.78, 5) is 14.0. The molecule has 98 valence electrons. The molecule has 7 heteroatoms. The standard InChI is InChI=1S/C12H12N4O3/c13-11-10(14-19-15-11)12(17)16-6-3-7-18-9-5-2-1-4-8(9)16/h1-2,4-5H,3,6-7H2,(H2,13,15). The van der Waals surface area contributed by atoms with Crippen LogP contribution in [0, 0.1) is 0 Å². The summed E-state index contributed by atoms with van der Waals surface area (Å²) in [5.74, 6) is 0.327. The fourth-order valence-electron chi connectivity index (χ4n) is 2.01. The van der Waals surface area contributed by atoms with Gasteiger partial charge in [-0.15, -0.1) is 0 Å². The third-order valence-electron chi connectivity index (χ3n) is 2.90. The molecule has 2 heterocycles. The van der Waals surface area contributed by atoms with Crippen molar-refractivity contribution in [1.29, 1.82) is 0 Å². The third kappa shape index (κ3) is 1.99. The maximum Gasteiger partial charge on any atom is 0.284 e. The molecule has 1 aromatic carbocycles. The van der Waals surface area contributed by atoms with E-state index in [1.165, 1.54) is 0 Å². The number of para-hydroxylation sites is 2. The van der Waals surface area contributed by atoms with E-state index >= 15 is 0 Å². The van der Waals surface area contributed by atoms with Gasteiger partial charge in [0.25, 0.3) is 5.91 Å². The molecule has 0 atom stereocenters. The van der Waals surface area contributed by atoms with Gasteiger partial charge in [-0.1, -0.05) is 12.1 Å². The maximum atomic E-state index is 12.4. The topological polar surface area (TPSA) is 94.5 Å². The number of nitrogens with zero attached hydrogens (tertiary/aromatic N) is 3. The highest BCUT2D eigenvalue weighted by atomic mass is 16.6. The molecule has 1 amide bonds. The van der Waals surface area contributed by atoms with Crippen LogP contribution in [0.5, 0.6) is 5.75 Å². The van der Waals surface area contributed by atoms with Crippen molar-refractivity contribution in [3.8, 4) is 5.75 Å². The molecule has 0 spiro atoms. The van der Waals surface area contributed by atoms with Crippen molar-refractivity contribution in [3.05, 3.63) is 30.0 Å². The van der Waals surface area contributed by atoms with E-state index in [2.05, 4.69) is 14.9 Å². The van der Waals surface area contributed by atoms with E-state index in [-0.39, 0.29) is 17.4 Å². The molecule has 0 bridgehead atoms. The number of nitrogen functional groups attached to an aromatic ring is 1. The van der Waals surface area contributed by atoms with E-state index in [1.807, 2.05) is 24.3 Å². The Morgan fingerprint density at radius 1 is 1.32 bits per heavy atom. The Kier molecular flexibility index (Phi) is 2.79. The zero-order chi connectivity index (χ0) is 13.2. The number of ether oxygens (including phenoxy) is 1. The summed E-state index contributed by atoms with van der Waals surface area (Å²) in [5.41, 5.74) is 6.29. The number of nitrogens with two attached hydrogens (primary N) is 1. The number of hydrogen-bond donors (Lipinski definition) is 1. The lowest BCUT2D eigenvalue weighted by Crippen LogP contribution is -2.32. The van der Waals surface area contributed by atoms with Gasteiger partial charge in [0.1, 0.15) is 5.75 Å². The van der Waals surface area contributed by atoms with Gasteiger partial charge in [0.2, 0.25) is 11.5 Å². The number of carbonyl (C=O) groups is 1. The Morgan fingerprint density at radius 3 is 2.95 bits per heavy atom. The summed E-state index contributed by atoms with van der Waals surface area (Å²) in [6.07, 6.45) is 0.728. The van der Waals surface area contributed by atoms with E-state index < -0.39 is 0 Å². The minimum absolute atomic E-state index is 0.00681. The van der Waals surface area contributed by atoms with E-state index in [0.29, 0.717) is 24.6 Å². The highest BCUT2D eigenvalue weighted by Gasteiger charge is 2.27. The van der Waals surface area contributed by atoms with E-state index in [4.69, 9.17) is 10.5 Å². The number of fused-ring (bicyclic) bond motifs is 1. The van der Waals surface area contributed by atoms with E-state index in [9.17, 15) is 4.79 Å². The molecular formula is C12H12N4O3. The SMILES string of the molecule is Nc1nonc1C(=O)N1CCCOc2ccccc21. The van der Waals surface area contributed by atoms with Crippen LogP contribution >= 0.6 is 0 Å². The van der Waals surface area contributed by atoms with Gasteiger partial charge < -0.3 is 15.4 Å². The molecule has 1 aliphatic rings. The zero-order valence-corrected chi connectivity index (χ0v) is 10.1. The van der Waals surface area contributed by atoms with Crippen molar-refractivity contribution in [3.63, 3.8) is 0 Å². The van der Waals surface area contributed by atoms with Gasteiger partial charge in [-0.2, -0.15) is 0 Å². The molecule has 1 aromatic heterocycles. The van der Waals surface area contributed by atoms with Crippen LogP contribution in [-0.2, 0) is 0 Å². The second-order valence-electron chi connectivity index (χ2n) is 4.12. The molecule has 0 fully saturated rings. The molecule has 3 rings (SSSR count). The summed E-state index contributed by atoms with van der Waals surface area (Å²) in [6, 6.07) is 7.35. The fourth-order valence-corrected chi connectivity index (χ4v) is 2.01. The number of hydrogen-bond acceptors (Lipinski definition) is 6. The lowest BCUT2D eigenvalue weighted by Gasteiger charge is -2.20. The van der Waals surface area contributed by atoms with Gasteiger partial charge in [-0.25, -0.2) is 4.63 Å². The number of amides is 1. The smallest absolute Gasteiger partial charge is 0.284 e. The third-order valence-corrected chi connectivity index (χ3v) is 2.90. The second-order valence-corrected chi connectivity index (χ2v) is 4.12. The quantitative estimate of drug-likeness (QED) is 0.824. The summed E-state index contributed by atoms with van der Waals surface area (Å²) in [5, 5.41) is 6.98. The Hall–Kier alpha value is -2.57. The number of aromatic nitrogens is 2. The molecular weight excluding hydrogens is 248 g/mol. The van der Waals surface area contributed by atoms with Crippen molar-refractivity contribution in [2.45, 2.75) is 6.42 Å². The molecule has 2 aromatic rings. The van der Waals surface area contributed by atoms with Crippen molar-refractivity contribution >= 4 is 17.4 Å². The molecule has 0 radical (unpaired) electrons. The van der Waals surface area contributed by atoms with Crippen LogP contribution in [0.3, 0.4) is 0 Å². The number of anilines is 2. The molecule has 7 nitrogen and oxygen atoms in total. The predicted octanol–water partition coefficient (Wildman–Crippen LogP) is 1.08. The first kappa shape index (κ1) is 11.5. The second kappa shape index (κ2) is 4.60. The van der Waals surface area contributed by atoms with Gasteiger partial charge in [-0.05, 0) is 28.9 Å². The van der Waals surface area contributed by atoms with Crippen LogP contribution in [0.2, 0.25) is 0 Å². The molecule has 0 saturated heterocycles. The van der Waals surface area contributed by atoms with Crippen LogP contribution in [0.4, 0.5) is 11.5 Å². The lowest BCUT2D eigenvalue weighted by atomic mass is 10.2. The first-order valence-electron chi connectivity index (χ1n) is 5.89. The lowest BCUT2D eigenvalue weighted by molar-refractivity contribution is 0.0978. The summed E-state index contributed by atoms with van der Waals surface area (Å²) in [6.45, 7) is 1.09. The molecule has 0 saturated carbocycles. The van der Waals surface area contributed by atoms with Crippen molar-refractivity contribution in [2.24, 2.45) is 0 Å². The average Bonchev–Trinajstić information content (AvgIpc) is 2.74. The zero-order valence-electron chi connectivity index (χ0n) is 10.1. The monoisotopic (exact) mass is 260 g/mol. The Bertz CT molecular complexity index is 611. The van der Waals surface area contributed by atoms with Gasteiger partial charge in [0, 0.05) is 6.54 Å². The first-order valence-corrected chi connectivity index (χ1v) is 5.89. The summed E-state index contributed by atoms with van der Waals surface area (Å²) >= 11 is 0. The first-order chi connectivity index (χ1) is 9.27. The fraction of sp³-hybridized carbons (Fsp3) is 0.250. The van der Waals surface area contributed by atoms with Crippen LogP contribution in [-0.4, -0.2) is 29.4 Å². The van der Waals surface area contributed by atoms with Crippen LogP contribution in [0.1, 0.15) is 16.9 Å². The van der Waals surface area contributed by atoms with Crippen LogP contribution in [0.25, 0.3) is 0 Å². The minimum Gasteiger partial charge on any atom is -0.491 e. The molecule has 2 N–H and O–H groups in total. The number of benzene rings is 1. The van der Waals surface area contributed by atoms with Gasteiger partial charge in [0.05, 0.1) is 12.3 Å². The van der Waals surface area contributed by atoms with E-state index in [0.717, 1.165) is 6.42 Å².